The summed E-state index contributed by atoms with van der Waals surface area (Å²) in [6, 6.07) is 6.03. The van der Waals surface area contributed by atoms with Crippen LogP contribution in [0.5, 0.6) is 0 Å². The van der Waals surface area contributed by atoms with E-state index in [2.05, 4.69) is 5.32 Å². The minimum Gasteiger partial charge on any atom is -0.325 e. The van der Waals surface area contributed by atoms with Gasteiger partial charge in [-0.3, -0.25) is 0 Å². The Hall–Kier alpha value is -1.84. The molecule has 2 amide bonds. The summed E-state index contributed by atoms with van der Waals surface area (Å²) in [5.41, 5.74) is 0.855. The molecule has 0 radical (unpaired) electrons. The number of rotatable bonds is 2. The first-order chi connectivity index (χ1) is 8.25. The summed E-state index contributed by atoms with van der Waals surface area (Å²) in [5.74, 6) is -0.261. The van der Waals surface area contributed by atoms with Crippen LogP contribution in [0.3, 0.4) is 0 Å². The molecular weight excluding hydrogens is 219 g/mol. The van der Waals surface area contributed by atoms with Crippen molar-refractivity contribution in [1.82, 2.24) is 10.2 Å². The molecule has 0 saturated carbocycles. The highest BCUT2D eigenvalue weighted by Gasteiger charge is 2.15. The Morgan fingerprint density at radius 3 is 2.53 bits per heavy atom. The van der Waals surface area contributed by atoms with Crippen molar-refractivity contribution < 1.29 is 9.18 Å². The Bertz CT molecular complexity index is 408. The van der Waals surface area contributed by atoms with Gasteiger partial charge in [0.2, 0.25) is 0 Å². The number of nitrogens with zero attached hydrogens (tertiary/aromatic N) is 1. The summed E-state index contributed by atoms with van der Waals surface area (Å²) in [6.07, 6.45) is 5.49. The van der Waals surface area contributed by atoms with Gasteiger partial charge < -0.3 is 10.2 Å². The van der Waals surface area contributed by atoms with Crippen LogP contribution in [0, 0.1) is 5.82 Å². The van der Waals surface area contributed by atoms with Gasteiger partial charge in [-0.1, -0.05) is 12.1 Å². The second-order valence-electron chi connectivity index (χ2n) is 4.03. The quantitative estimate of drug-likeness (QED) is 0.838. The van der Waals surface area contributed by atoms with Crippen molar-refractivity contribution in [3.05, 3.63) is 41.8 Å². The summed E-state index contributed by atoms with van der Waals surface area (Å²) in [5, 5.41) is 2.70. The van der Waals surface area contributed by atoms with Gasteiger partial charge in [-0.2, -0.15) is 0 Å². The van der Waals surface area contributed by atoms with Crippen LogP contribution in [0.2, 0.25) is 0 Å². The van der Waals surface area contributed by atoms with Crippen LogP contribution in [0.25, 0.3) is 6.08 Å². The van der Waals surface area contributed by atoms with Crippen LogP contribution < -0.4 is 5.32 Å². The molecule has 0 aliphatic carbocycles. The Labute approximate surface area is 99.9 Å². The second-order valence-corrected chi connectivity index (χ2v) is 4.03. The van der Waals surface area contributed by atoms with E-state index in [-0.39, 0.29) is 11.8 Å². The van der Waals surface area contributed by atoms with Crippen LogP contribution in [0.15, 0.2) is 30.5 Å². The third-order valence-electron chi connectivity index (χ3n) is 2.75. The van der Waals surface area contributed by atoms with Gasteiger partial charge in [-0.05, 0) is 36.6 Å². The molecular formula is C13H15FN2O. The highest BCUT2D eigenvalue weighted by Crippen LogP contribution is 2.07. The number of hydrogen-bond donors (Lipinski definition) is 1. The maximum absolute atomic E-state index is 12.6. The number of nitrogens with one attached hydrogen (secondary N) is 1. The minimum atomic E-state index is -0.261. The van der Waals surface area contributed by atoms with Gasteiger partial charge >= 0.3 is 6.03 Å². The zero-order chi connectivity index (χ0) is 12.1. The largest absolute Gasteiger partial charge is 0.325 e. The van der Waals surface area contributed by atoms with E-state index < -0.39 is 0 Å². The van der Waals surface area contributed by atoms with E-state index in [0.29, 0.717) is 0 Å². The summed E-state index contributed by atoms with van der Waals surface area (Å²) in [6.45, 7) is 1.66. The molecule has 1 heterocycles. The van der Waals surface area contributed by atoms with Crippen LogP contribution in [-0.4, -0.2) is 24.0 Å². The van der Waals surface area contributed by atoms with Crippen LogP contribution in [0.4, 0.5) is 9.18 Å². The van der Waals surface area contributed by atoms with Gasteiger partial charge in [-0.25, -0.2) is 9.18 Å². The maximum Gasteiger partial charge on any atom is 0.321 e. The lowest BCUT2D eigenvalue weighted by Crippen LogP contribution is -2.34. The highest BCUT2D eigenvalue weighted by molar-refractivity contribution is 5.76. The summed E-state index contributed by atoms with van der Waals surface area (Å²) in [7, 11) is 0. The summed E-state index contributed by atoms with van der Waals surface area (Å²) < 4.78 is 12.6. The minimum absolute atomic E-state index is 0.0686. The zero-order valence-electron chi connectivity index (χ0n) is 9.53. The third-order valence-corrected chi connectivity index (χ3v) is 2.75. The number of benzene rings is 1. The monoisotopic (exact) mass is 234 g/mol. The number of likely N-dealkylation sites (tertiary alicyclic amines) is 1. The first-order valence-corrected chi connectivity index (χ1v) is 5.73. The van der Waals surface area contributed by atoms with Crippen molar-refractivity contribution in [3.8, 4) is 0 Å². The maximum atomic E-state index is 12.6. The van der Waals surface area contributed by atoms with Gasteiger partial charge in [0.1, 0.15) is 5.82 Å². The van der Waals surface area contributed by atoms with Crippen molar-refractivity contribution in [2.75, 3.05) is 13.1 Å². The SMILES string of the molecule is O=C(N/C=C/c1ccc(F)cc1)N1CCCC1. The number of urea groups is 1. The molecule has 0 unspecified atom stereocenters. The molecule has 1 aliphatic heterocycles. The molecule has 1 aromatic carbocycles. The molecule has 0 bridgehead atoms. The molecule has 4 heteroatoms. The van der Waals surface area contributed by atoms with Gasteiger partial charge in [0.15, 0.2) is 0 Å². The van der Waals surface area contributed by atoms with Crippen LogP contribution in [-0.2, 0) is 0 Å². The summed E-state index contributed by atoms with van der Waals surface area (Å²) in [4.78, 5) is 13.4. The first-order valence-electron chi connectivity index (χ1n) is 5.73. The molecule has 3 nitrogen and oxygen atoms in total. The van der Waals surface area contributed by atoms with E-state index in [1.165, 1.54) is 12.1 Å². The molecule has 1 saturated heterocycles. The molecule has 0 spiro atoms. The highest BCUT2D eigenvalue weighted by atomic mass is 19.1. The van der Waals surface area contributed by atoms with Gasteiger partial charge in [0.05, 0.1) is 0 Å². The molecule has 1 N–H and O–H groups in total. The molecule has 0 aromatic heterocycles. The van der Waals surface area contributed by atoms with E-state index >= 15 is 0 Å². The van der Waals surface area contributed by atoms with Gasteiger partial charge in [0, 0.05) is 19.3 Å². The van der Waals surface area contributed by atoms with Crippen molar-refractivity contribution in [3.63, 3.8) is 0 Å². The Morgan fingerprint density at radius 2 is 1.88 bits per heavy atom. The number of hydrogen-bond acceptors (Lipinski definition) is 1. The van der Waals surface area contributed by atoms with Crippen LogP contribution in [0.1, 0.15) is 18.4 Å². The van der Waals surface area contributed by atoms with E-state index in [9.17, 15) is 9.18 Å². The molecule has 90 valence electrons. The molecule has 1 aromatic rings. The lowest BCUT2D eigenvalue weighted by atomic mass is 10.2. The van der Waals surface area contributed by atoms with Crippen molar-refractivity contribution in [2.24, 2.45) is 0 Å². The Morgan fingerprint density at radius 1 is 1.24 bits per heavy atom. The molecule has 0 atom stereocenters. The third kappa shape index (κ3) is 3.31. The normalized spacial score (nSPS) is 15.5. The van der Waals surface area contributed by atoms with E-state index in [4.69, 9.17) is 0 Å². The number of amides is 2. The van der Waals surface area contributed by atoms with E-state index in [0.717, 1.165) is 31.5 Å². The van der Waals surface area contributed by atoms with Crippen LogP contribution >= 0.6 is 0 Å². The lowest BCUT2D eigenvalue weighted by molar-refractivity contribution is 0.212. The molecule has 2 rings (SSSR count). The average molecular weight is 234 g/mol. The first kappa shape index (κ1) is 11.6. The Kier molecular flexibility index (Phi) is 3.75. The molecule has 1 aliphatic rings. The Balaban J connectivity index is 1.84. The van der Waals surface area contributed by atoms with E-state index in [1.54, 1.807) is 29.3 Å². The number of carbonyl (C=O) groups excluding carboxylic acids is 1. The lowest BCUT2D eigenvalue weighted by Gasteiger charge is -2.13. The molecule has 1 fully saturated rings. The predicted molar refractivity (Wildman–Crippen MR) is 64.8 cm³/mol. The second kappa shape index (κ2) is 5.48. The zero-order valence-corrected chi connectivity index (χ0v) is 9.53. The fourth-order valence-electron chi connectivity index (χ4n) is 1.79. The van der Waals surface area contributed by atoms with E-state index in [1.807, 2.05) is 0 Å². The van der Waals surface area contributed by atoms with Gasteiger partial charge in [-0.15, -0.1) is 0 Å². The fraction of sp³-hybridized carbons (Fsp3) is 0.308. The standard InChI is InChI=1S/C13H15FN2O/c14-12-5-3-11(4-6-12)7-8-15-13(17)16-9-1-2-10-16/h3-8H,1-2,9-10H2,(H,15,17)/b8-7+. The van der Waals surface area contributed by atoms with Crippen molar-refractivity contribution in [2.45, 2.75) is 12.8 Å². The van der Waals surface area contributed by atoms with Crippen molar-refractivity contribution >= 4 is 12.1 Å². The number of halogens is 1. The average Bonchev–Trinajstić information content (AvgIpc) is 2.85. The number of carbonyl (C=O) groups is 1. The summed E-state index contributed by atoms with van der Waals surface area (Å²) >= 11 is 0. The van der Waals surface area contributed by atoms with Crippen molar-refractivity contribution in [1.29, 1.82) is 0 Å². The molecule has 17 heavy (non-hydrogen) atoms. The van der Waals surface area contributed by atoms with Gasteiger partial charge in [0.25, 0.3) is 0 Å². The fourth-order valence-corrected chi connectivity index (χ4v) is 1.79. The smallest absolute Gasteiger partial charge is 0.321 e. The topological polar surface area (TPSA) is 32.3 Å². The predicted octanol–water partition coefficient (Wildman–Crippen LogP) is 2.60.